The Hall–Kier alpha value is -3.51. The van der Waals surface area contributed by atoms with Crippen LogP contribution in [0.15, 0.2) is 79.1 Å². The number of benzene rings is 1. The first-order valence-electron chi connectivity index (χ1n) is 11.2. The molecule has 1 N–H and O–H groups in total. The fraction of sp³-hybridized carbons (Fsp3) is 0.222. The fourth-order valence-electron chi connectivity index (χ4n) is 4.82. The summed E-state index contributed by atoms with van der Waals surface area (Å²) in [6.45, 7) is 7.15. The van der Waals surface area contributed by atoms with E-state index in [0.29, 0.717) is 0 Å². The van der Waals surface area contributed by atoms with Crippen molar-refractivity contribution in [3.05, 3.63) is 113 Å². The van der Waals surface area contributed by atoms with Crippen molar-refractivity contribution in [1.82, 2.24) is 24.8 Å². The number of aromatic nitrogens is 3. The van der Waals surface area contributed by atoms with E-state index in [0.717, 1.165) is 34.4 Å². The van der Waals surface area contributed by atoms with E-state index in [2.05, 4.69) is 88.0 Å². The zero-order valence-corrected chi connectivity index (χ0v) is 19.9. The summed E-state index contributed by atoms with van der Waals surface area (Å²) in [5.41, 5.74) is 6.91. The van der Waals surface area contributed by atoms with Crippen LogP contribution in [0.4, 0.5) is 0 Å². The Morgan fingerprint density at radius 1 is 0.909 bits per heavy atom. The number of rotatable bonds is 5. The van der Waals surface area contributed by atoms with Gasteiger partial charge in [0, 0.05) is 30.3 Å². The van der Waals surface area contributed by atoms with Crippen molar-refractivity contribution >= 4 is 17.3 Å². The number of aryl methyl sites for hydroxylation is 2. The van der Waals surface area contributed by atoms with Gasteiger partial charge in [-0.1, -0.05) is 42.5 Å². The van der Waals surface area contributed by atoms with Crippen LogP contribution >= 0.6 is 12.2 Å². The predicted molar refractivity (Wildman–Crippen MR) is 135 cm³/mol. The lowest BCUT2D eigenvalue weighted by atomic mass is 9.96. The maximum Gasteiger partial charge on any atom is 0.170 e. The first kappa shape index (κ1) is 21.3. The molecule has 2 atom stereocenters. The van der Waals surface area contributed by atoms with Gasteiger partial charge in [-0.3, -0.25) is 4.98 Å². The molecule has 1 aliphatic rings. The van der Waals surface area contributed by atoms with Gasteiger partial charge in [0.15, 0.2) is 5.11 Å². The molecule has 1 saturated heterocycles. The molecule has 5 rings (SSSR count). The average Bonchev–Trinajstić information content (AvgIpc) is 3.30. The van der Waals surface area contributed by atoms with E-state index >= 15 is 0 Å². The molecule has 0 radical (unpaired) electrons. The molecule has 33 heavy (non-hydrogen) atoms. The fourth-order valence-corrected chi connectivity index (χ4v) is 5.12. The van der Waals surface area contributed by atoms with E-state index < -0.39 is 0 Å². The lowest BCUT2D eigenvalue weighted by Crippen LogP contribution is -2.29. The van der Waals surface area contributed by atoms with E-state index in [9.17, 15) is 0 Å². The summed E-state index contributed by atoms with van der Waals surface area (Å²) in [5.74, 6) is 0.969. The van der Waals surface area contributed by atoms with E-state index in [4.69, 9.17) is 12.2 Å². The second kappa shape index (κ2) is 8.79. The van der Waals surface area contributed by atoms with Crippen LogP contribution in [-0.4, -0.2) is 24.5 Å². The number of nitrogens with one attached hydrogen (secondary N) is 1. The molecule has 4 aromatic rings. The standard InChI is InChI=1S/C27H27N5S/c1-18-10-9-15-29-26(18)32-19(2)16-22(20(32)3)25-24(23-13-7-8-14-28-23)30-27(33)31(25)17-21-11-5-4-6-12-21/h4-16,24-25H,17H2,1-3H3,(H,30,33)/t24-,25-/m1/s1. The SMILES string of the molecule is Cc1cccnc1-n1c(C)cc([C@@H]2[C@@H](c3ccccn3)NC(=S)N2Cc2ccccc2)c1C. The van der Waals surface area contributed by atoms with Crippen LogP contribution in [-0.2, 0) is 6.54 Å². The summed E-state index contributed by atoms with van der Waals surface area (Å²) in [4.78, 5) is 11.7. The Morgan fingerprint density at radius 2 is 1.67 bits per heavy atom. The molecular formula is C27H27N5S. The molecule has 0 spiro atoms. The second-order valence-corrected chi connectivity index (χ2v) is 8.93. The normalized spacial score (nSPS) is 17.9. The number of hydrogen-bond donors (Lipinski definition) is 1. The van der Waals surface area contributed by atoms with Gasteiger partial charge in [0.1, 0.15) is 5.82 Å². The molecule has 0 aliphatic carbocycles. The minimum absolute atomic E-state index is 0.0107. The third-order valence-corrected chi connectivity index (χ3v) is 6.73. The largest absolute Gasteiger partial charge is 0.352 e. The molecular weight excluding hydrogens is 426 g/mol. The Morgan fingerprint density at radius 3 is 2.39 bits per heavy atom. The van der Waals surface area contributed by atoms with Crippen LogP contribution in [0.3, 0.4) is 0 Å². The van der Waals surface area contributed by atoms with E-state index in [-0.39, 0.29) is 12.1 Å². The van der Waals surface area contributed by atoms with Crippen LogP contribution in [0, 0.1) is 20.8 Å². The molecule has 0 amide bonds. The summed E-state index contributed by atoms with van der Waals surface area (Å²) in [6.07, 6.45) is 3.70. The van der Waals surface area contributed by atoms with Crippen molar-refractivity contribution in [2.75, 3.05) is 0 Å². The molecule has 4 heterocycles. The average molecular weight is 454 g/mol. The minimum atomic E-state index is -0.0406. The summed E-state index contributed by atoms with van der Waals surface area (Å²) in [6, 6.07) is 22.9. The quantitative estimate of drug-likeness (QED) is 0.412. The van der Waals surface area contributed by atoms with Gasteiger partial charge in [-0.2, -0.15) is 0 Å². The Labute approximate surface area is 200 Å². The third-order valence-electron chi connectivity index (χ3n) is 6.38. The minimum Gasteiger partial charge on any atom is -0.352 e. The molecule has 1 aliphatic heterocycles. The van der Waals surface area contributed by atoms with Crippen molar-refractivity contribution < 1.29 is 0 Å². The summed E-state index contributed by atoms with van der Waals surface area (Å²) >= 11 is 5.86. The van der Waals surface area contributed by atoms with Gasteiger partial charge in [-0.15, -0.1) is 0 Å². The Balaban J connectivity index is 1.63. The van der Waals surface area contributed by atoms with Crippen LogP contribution in [0.1, 0.15) is 45.9 Å². The molecule has 5 nitrogen and oxygen atoms in total. The zero-order valence-electron chi connectivity index (χ0n) is 19.1. The molecule has 1 aromatic carbocycles. The molecule has 3 aromatic heterocycles. The number of pyridine rings is 2. The highest BCUT2D eigenvalue weighted by atomic mass is 32.1. The van der Waals surface area contributed by atoms with Crippen LogP contribution in [0.25, 0.3) is 5.82 Å². The smallest absolute Gasteiger partial charge is 0.170 e. The molecule has 0 bridgehead atoms. The van der Waals surface area contributed by atoms with Gasteiger partial charge in [0.25, 0.3) is 0 Å². The number of nitrogens with zero attached hydrogens (tertiary/aromatic N) is 4. The van der Waals surface area contributed by atoms with Gasteiger partial charge in [0.05, 0.1) is 17.8 Å². The first-order valence-corrected chi connectivity index (χ1v) is 11.6. The van der Waals surface area contributed by atoms with Gasteiger partial charge in [-0.25, -0.2) is 4.98 Å². The summed E-state index contributed by atoms with van der Waals surface area (Å²) in [5, 5.41) is 4.31. The van der Waals surface area contributed by atoms with Crippen molar-refractivity contribution in [2.45, 2.75) is 39.4 Å². The zero-order chi connectivity index (χ0) is 22.9. The third kappa shape index (κ3) is 3.91. The second-order valence-electron chi connectivity index (χ2n) is 8.55. The first-order chi connectivity index (χ1) is 16.0. The van der Waals surface area contributed by atoms with E-state index in [1.54, 1.807) is 0 Å². The maximum absolute atomic E-state index is 5.86. The topological polar surface area (TPSA) is 46.0 Å². The molecule has 6 heteroatoms. The molecule has 1 fully saturated rings. The summed E-state index contributed by atoms with van der Waals surface area (Å²) in [7, 11) is 0. The Kier molecular flexibility index (Phi) is 5.68. The van der Waals surface area contributed by atoms with Crippen molar-refractivity contribution in [2.24, 2.45) is 0 Å². The molecule has 166 valence electrons. The van der Waals surface area contributed by atoms with E-state index in [1.807, 2.05) is 36.7 Å². The highest BCUT2D eigenvalue weighted by Gasteiger charge is 2.41. The predicted octanol–water partition coefficient (Wildman–Crippen LogP) is 5.37. The monoisotopic (exact) mass is 453 g/mol. The van der Waals surface area contributed by atoms with Crippen molar-refractivity contribution in [3.8, 4) is 5.82 Å². The molecule has 0 saturated carbocycles. The van der Waals surface area contributed by atoms with Gasteiger partial charge in [0.2, 0.25) is 0 Å². The van der Waals surface area contributed by atoms with Gasteiger partial charge >= 0.3 is 0 Å². The van der Waals surface area contributed by atoms with E-state index in [1.165, 1.54) is 16.8 Å². The lowest BCUT2D eigenvalue weighted by Gasteiger charge is -2.28. The van der Waals surface area contributed by atoms with Crippen LogP contribution in [0.2, 0.25) is 0 Å². The van der Waals surface area contributed by atoms with Crippen molar-refractivity contribution in [3.63, 3.8) is 0 Å². The van der Waals surface area contributed by atoms with Crippen molar-refractivity contribution in [1.29, 1.82) is 0 Å². The highest BCUT2D eigenvalue weighted by Crippen LogP contribution is 2.42. The van der Waals surface area contributed by atoms with Gasteiger partial charge in [-0.05, 0) is 73.9 Å². The van der Waals surface area contributed by atoms with Crippen LogP contribution < -0.4 is 5.32 Å². The number of hydrogen-bond acceptors (Lipinski definition) is 3. The van der Waals surface area contributed by atoms with Gasteiger partial charge < -0.3 is 14.8 Å². The molecule has 0 unspecified atom stereocenters. The highest BCUT2D eigenvalue weighted by molar-refractivity contribution is 7.80. The maximum atomic E-state index is 5.86. The lowest BCUT2D eigenvalue weighted by molar-refractivity contribution is 0.310. The van der Waals surface area contributed by atoms with Crippen LogP contribution in [0.5, 0.6) is 0 Å². The number of thiocarbonyl (C=S) groups is 1. The Bertz CT molecular complexity index is 1280. The summed E-state index contributed by atoms with van der Waals surface area (Å²) < 4.78 is 2.25.